The van der Waals surface area contributed by atoms with Gasteiger partial charge in [0.25, 0.3) is 0 Å². The first kappa shape index (κ1) is 28.9. The van der Waals surface area contributed by atoms with Crippen LogP contribution in [-0.2, 0) is 24.0 Å². The number of carboxylic acid groups (broad SMARTS) is 2. The third-order valence-corrected chi connectivity index (χ3v) is 4.62. The van der Waals surface area contributed by atoms with E-state index in [9.17, 15) is 24.0 Å². The number of aliphatic carboxylic acids is 2. The Labute approximate surface area is 189 Å². The Kier molecular flexibility index (Phi) is 14.2. The predicted octanol–water partition coefficient (Wildman–Crippen LogP) is -3.23. The van der Waals surface area contributed by atoms with Gasteiger partial charge in [-0.2, -0.15) is 11.8 Å². The van der Waals surface area contributed by atoms with E-state index in [2.05, 4.69) is 20.9 Å². The summed E-state index contributed by atoms with van der Waals surface area (Å²) < 4.78 is 0. The van der Waals surface area contributed by atoms with Crippen molar-refractivity contribution in [2.45, 2.75) is 43.8 Å². The highest BCUT2D eigenvalue weighted by atomic mass is 32.2. The maximum Gasteiger partial charge on any atom is 0.326 e. The molecule has 0 radical (unpaired) electrons. The van der Waals surface area contributed by atoms with Crippen LogP contribution in [0, 0.1) is 0 Å². The van der Waals surface area contributed by atoms with E-state index in [1.54, 1.807) is 6.26 Å². The lowest BCUT2D eigenvalue weighted by Crippen LogP contribution is -2.53. The number of hydrogen-bond acceptors (Lipinski definition) is 8. The monoisotopic (exact) mass is 477 g/mol. The van der Waals surface area contributed by atoms with Crippen molar-refractivity contribution in [3.63, 3.8) is 0 Å². The standard InChI is InChI=1S/C17H31N7O7S/c1-32-6-4-11(16(30)31)23-12(25)8-22-15(29)10(3-2-5-21-17(19)20)24-14(28)9(18)7-13(26)27/h9-11H,2-8,18H2,1H3,(H,22,29)(H,23,25)(H,24,28)(H,26,27)(H,30,31)(H4,19,20,21). The third-order valence-electron chi connectivity index (χ3n) is 3.98. The molecular formula is C17H31N7O7S. The summed E-state index contributed by atoms with van der Waals surface area (Å²) in [6, 6.07) is -3.62. The highest BCUT2D eigenvalue weighted by molar-refractivity contribution is 7.98. The first-order chi connectivity index (χ1) is 15.0. The first-order valence-electron chi connectivity index (χ1n) is 9.59. The van der Waals surface area contributed by atoms with Crippen LogP contribution in [0.25, 0.3) is 0 Å². The fourth-order valence-corrected chi connectivity index (χ4v) is 2.83. The lowest BCUT2D eigenvalue weighted by Gasteiger charge is -2.20. The molecule has 0 saturated carbocycles. The molecule has 0 aliphatic heterocycles. The SMILES string of the molecule is CSCCC(NC(=O)CNC(=O)C(CCCN=C(N)N)NC(=O)C(N)CC(=O)O)C(=O)O. The smallest absolute Gasteiger partial charge is 0.326 e. The number of carboxylic acids is 2. The Balaban J connectivity index is 4.96. The topological polar surface area (TPSA) is 252 Å². The number of thioether (sulfide) groups is 1. The van der Waals surface area contributed by atoms with E-state index in [0.717, 1.165) is 0 Å². The number of carbonyl (C=O) groups is 5. The number of guanidine groups is 1. The van der Waals surface area contributed by atoms with Gasteiger partial charge in [0.15, 0.2) is 5.96 Å². The second kappa shape index (κ2) is 15.7. The molecule has 15 heteroatoms. The third kappa shape index (κ3) is 13.3. The van der Waals surface area contributed by atoms with Crippen LogP contribution in [-0.4, -0.2) is 89.1 Å². The molecule has 0 aromatic heterocycles. The molecule has 0 aliphatic carbocycles. The minimum Gasteiger partial charge on any atom is -0.481 e. The van der Waals surface area contributed by atoms with Crippen LogP contribution in [0.3, 0.4) is 0 Å². The fourth-order valence-electron chi connectivity index (χ4n) is 2.36. The average Bonchev–Trinajstić information content (AvgIpc) is 2.70. The maximum absolute atomic E-state index is 12.5. The van der Waals surface area contributed by atoms with E-state index in [4.69, 9.17) is 27.4 Å². The second-order valence-electron chi connectivity index (χ2n) is 6.67. The summed E-state index contributed by atoms with van der Waals surface area (Å²) in [5, 5.41) is 24.9. The molecule has 0 spiro atoms. The van der Waals surface area contributed by atoms with Crippen LogP contribution in [0.15, 0.2) is 4.99 Å². The van der Waals surface area contributed by atoms with Gasteiger partial charge in [-0.15, -0.1) is 0 Å². The summed E-state index contributed by atoms with van der Waals surface area (Å²) in [6.45, 7) is -0.358. The lowest BCUT2D eigenvalue weighted by atomic mass is 10.1. The molecule has 14 nitrogen and oxygen atoms in total. The van der Waals surface area contributed by atoms with Crippen LogP contribution in [0.2, 0.25) is 0 Å². The molecule has 11 N–H and O–H groups in total. The molecule has 0 aromatic rings. The highest BCUT2D eigenvalue weighted by Gasteiger charge is 2.26. The van der Waals surface area contributed by atoms with Crippen molar-refractivity contribution in [3.05, 3.63) is 0 Å². The van der Waals surface area contributed by atoms with Gasteiger partial charge in [0, 0.05) is 6.54 Å². The largest absolute Gasteiger partial charge is 0.481 e. The summed E-state index contributed by atoms with van der Waals surface area (Å²) >= 11 is 1.42. The van der Waals surface area contributed by atoms with Crippen LogP contribution in [0.5, 0.6) is 0 Å². The van der Waals surface area contributed by atoms with Crippen molar-refractivity contribution < 1.29 is 34.2 Å². The van der Waals surface area contributed by atoms with Crippen LogP contribution in [0.1, 0.15) is 25.7 Å². The minimum atomic E-state index is -1.38. The zero-order valence-corrected chi connectivity index (χ0v) is 18.5. The second-order valence-corrected chi connectivity index (χ2v) is 7.66. The number of nitrogens with zero attached hydrogens (tertiary/aromatic N) is 1. The van der Waals surface area contributed by atoms with Crippen molar-refractivity contribution in [3.8, 4) is 0 Å². The van der Waals surface area contributed by atoms with E-state index < -0.39 is 60.8 Å². The normalized spacial score (nSPS) is 13.2. The number of carbonyl (C=O) groups excluding carboxylic acids is 3. The molecule has 32 heavy (non-hydrogen) atoms. The number of aliphatic imine (C=N–C) groups is 1. The average molecular weight is 478 g/mol. The van der Waals surface area contributed by atoms with Gasteiger partial charge in [-0.25, -0.2) is 4.79 Å². The van der Waals surface area contributed by atoms with Gasteiger partial charge in [0.05, 0.1) is 19.0 Å². The van der Waals surface area contributed by atoms with E-state index in [1.165, 1.54) is 11.8 Å². The van der Waals surface area contributed by atoms with Gasteiger partial charge in [-0.05, 0) is 31.3 Å². The summed E-state index contributed by atoms with van der Waals surface area (Å²) in [6.07, 6.45) is 1.73. The molecule has 0 rings (SSSR count). The van der Waals surface area contributed by atoms with Gasteiger partial charge in [0.1, 0.15) is 12.1 Å². The van der Waals surface area contributed by atoms with Crippen LogP contribution < -0.4 is 33.2 Å². The van der Waals surface area contributed by atoms with Crippen LogP contribution in [0.4, 0.5) is 0 Å². The number of amides is 3. The van der Waals surface area contributed by atoms with Crippen LogP contribution >= 0.6 is 11.8 Å². The fraction of sp³-hybridized carbons (Fsp3) is 0.647. The maximum atomic E-state index is 12.5. The molecule has 0 bridgehead atoms. The van der Waals surface area contributed by atoms with Crippen molar-refractivity contribution in [1.82, 2.24) is 16.0 Å². The van der Waals surface area contributed by atoms with Gasteiger partial charge < -0.3 is 43.4 Å². The van der Waals surface area contributed by atoms with E-state index in [1.807, 2.05) is 0 Å². The Hall–Kier alpha value is -3.07. The number of nitrogens with one attached hydrogen (secondary N) is 3. The summed E-state index contributed by atoms with van der Waals surface area (Å²) in [5.41, 5.74) is 16.0. The van der Waals surface area contributed by atoms with Gasteiger partial charge in [0.2, 0.25) is 17.7 Å². The molecule has 182 valence electrons. The molecule has 3 amide bonds. The van der Waals surface area contributed by atoms with E-state index >= 15 is 0 Å². The molecule has 0 aliphatic rings. The predicted molar refractivity (Wildman–Crippen MR) is 118 cm³/mol. The summed E-state index contributed by atoms with van der Waals surface area (Å²) in [4.78, 5) is 62.3. The van der Waals surface area contributed by atoms with E-state index in [0.29, 0.717) is 5.75 Å². The highest BCUT2D eigenvalue weighted by Crippen LogP contribution is 2.02. The molecule has 0 aromatic carbocycles. The van der Waals surface area contributed by atoms with E-state index in [-0.39, 0.29) is 31.8 Å². The van der Waals surface area contributed by atoms with Gasteiger partial charge in [-0.3, -0.25) is 24.2 Å². The number of nitrogens with two attached hydrogens (primary N) is 3. The Morgan fingerprint density at radius 2 is 1.66 bits per heavy atom. The molecule has 0 heterocycles. The quantitative estimate of drug-likeness (QED) is 0.0622. The molecule has 0 fully saturated rings. The molecule has 0 saturated heterocycles. The van der Waals surface area contributed by atoms with Crippen molar-refractivity contribution in [1.29, 1.82) is 0 Å². The van der Waals surface area contributed by atoms with Crippen molar-refractivity contribution in [2.24, 2.45) is 22.2 Å². The molecular weight excluding hydrogens is 446 g/mol. The molecule has 3 atom stereocenters. The zero-order valence-electron chi connectivity index (χ0n) is 17.7. The van der Waals surface area contributed by atoms with Gasteiger partial charge >= 0.3 is 11.9 Å². The van der Waals surface area contributed by atoms with Crippen molar-refractivity contribution in [2.75, 3.05) is 25.1 Å². The zero-order chi connectivity index (χ0) is 24.7. The number of hydrogen-bond donors (Lipinski definition) is 8. The molecule has 3 unspecified atom stereocenters. The lowest BCUT2D eigenvalue weighted by molar-refractivity contribution is -0.141. The Bertz CT molecular complexity index is 701. The Morgan fingerprint density at radius 3 is 2.19 bits per heavy atom. The number of rotatable bonds is 16. The van der Waals surface area contributed by atoms with Crippen molar-refractivity contribution >= 4 is 47.4 Å². The Morgan fingerprint density at radius 1 is 1.00 bits per heavy atom. The summed E-state index contributed by atoms with van der Waals surface area (Å²) in [7, 11) is 0. The minimum absolute atomic E-state index is 0.0707. The first-order valence-corrected chi connectivity index (χ1v) is 11.0. The summed E-state index contributed by atoms with van der Waals surface area (Å²) in [5.74, 6) is -4.43. The van der Waals surface area contributed by atoms with Gasteiger partial charge in [-0.1, -0.05) is 0 Å².